The van der Waals surface area contributed by atoms with E-state index in [0.29, 0.717) is 10.7 Å². The number of carbonyl (C=O) groups excluding carboxylic acids is 2. The van der Waals surface area contributed by atoms with Gasteiger partial charge in [-0.05, 0) is 85.3 Å². The Morgan fingerprint density at radius 2 is 1.43 bits per heavy atom. The molecule has 0 saturated heterocycles. The Morgan fingerprint density at radius 1 is 0.826 bits per heavy atom. The Balaban J connectivity index is 1.56. The lowest BCUT2D eigenvalue weighted by Crippen LogP contribution is -2.54. The van der Waals surface area contributed by atoms with Crippen molar-refractivity contribution in [3.8, 4) is 0 Å². The SMILES string of the molecule is Cc1ccc(N(CC(=O)N(Cc2ccccc2)[C@@H](Cc2ccccc2)C(=O)NC2CCCC2)S(=O)(=O)c2ccc(Cl)cc2)cc1C. The molecule has 2 amide bonds. The van der Waals surface area contributed by atoms with E-state index in [9.17, 15) is 18.0 Å². The van der Waals surface area contributed by atoms with E-state index in [1.165, 1.54) is 29.2 Å². The molecular formula is C37H40ClN3O4S. The van der Waals surface area contributed by atoms with Gasteiger partial charge in [-0.25, -0.2) is 8.42 Å². The summed E-state index contributed by atoms with van der Waals surface area (Å²) in [5.41, 5.74) is 3.98. The minimum Gasteiger partial charge on any atom is -0.352 e. The standard InChI is InChI=1S/C37H40ClN3O4S/c1-27-17-20-33(23-28(27)2)41(46(44,45)34-21-18-31(38)19-22-34)26-36(42)40(25-30-13-7-4-8-14-30)35(24-29-11-5-3-6-12-29)37(43)39-32-15-9-10-16-32/h3-8,11-14,17-23,32,35H,9-10,15-16,24-26H2,1-2H3,(H,39,43)/t35-/m0/s1. The fourth-order valence-corrected chi connectivity index (χ4v) is 7.38. The molecule has 0 radical (unpaired) electrons. The number of carbonyl (C=O) groups is 2. The molecule has 4 aromatic rings. The van der Waals surface area contributed by atoms with Crippen LogP contribution in [0, 0.1) is 13.8 Å². The number of nitrogens with zero attached hydrogens (tertiary/aromatic N) is 2. The van der Waals surface area contributed by atoms with Crippen LogP contribution in [-0.2, 0) is 32.6 Å². The monoisotopic (exact) mass is 657 g/mol. The number of amides is 2. The summed E-state index contributed by atoms with van der Waals surface area (Å²) in [7, 11) is -4.20. The number of aryl methyl sites for hydroxylation is 2. The summed E-state index contributed by atoms with van der Waals surface area (Å²) in [6.45, 7) is 3.49. The lowest BCUT2D eigenvalue weighted by atomic mass is 10.0. The minimum absolute atomic E-state index is 0.0114. The maximum Gasteiger partial charge on any atom is 0.264 e. The van der Waals surface area contributed by atoms with E-state index in [-0.39, 0.29) is 29.8 Å². The molecule has 1 aliphatic rings. The Morgan fingerprint density at radius 3 is 2.04 bits per heavy atom. The van der Waals surface area contributed by atoms with Gasteiger partial charge in [-0.1, -0.05) is 91.2 Å². The highest BCUT2D eigenvalue weighted by atomic mass is 35.5. The van der Waals surface area contributed by atoms with Crippen LogP contribution in [0.2, 0.25) is 5.02 Å². The van der Waals surface area contributed by atoms with Crippen LogP contribution in [0.4, 0.5) is 5.69 Å². The number of halogens is 1. The van der Waals surface area contributed by atoms with Gasteiger partial charge in [-0.3, -0.25) is 13.9 Å². The second-order valence-electron chi connectivity index (χ2n) is 11.9. The average molecular weight is 658 g/mol. The topological polar surface area (TPSA) is 86.8 Å². The van der Waals surface area contributed by atoms with Crippen molar-refractivity contribution in [1.82, 2.24) is 10.2 Å². The molecular weight excluding hydrogens is 618 g/mol. The number of anilines is 1. The van der Waals surface area contributed by atoms with E-state index in [0.717, 1.165) is 52.2 Å². The molecule has 1 saturated carbocycles. The van der Waals surface area contributed by atoms with Crippen molar-refractivity contribution in [3.63, 3.8) is 0 Å². The first-order chi connectivity index (χ1) is 22.1. The van der Waals surface area contributed by atoms with Gasteiger partial charge >= 0.3 is 0 Å². The molecule has 1 atom stereocenters. The number of sulfonamides is 1. The van der Waals surface area contributed by atoms with Gasteiger partial charge in [0.05, 0.1) is 10.6 Å². The van der Waals surface area contributed by atoms with Gasteiger partial charge < -0.3 is 10.2 Å². The zero-order valence-electron chi connectivity index (χ0n) is 26.2. The van der Waals surface area contributed by atoms with Crippen LogP contribution in [-0.4, -0.2) is 43.8 Å². The average Bonchev–Trinajstić information content (AvgIpc) is 3.57. The number of hydrogen-bond acceptors (Lipinski definition) is 4. The highest BCUT2D eigenvalue weighted by molar-refractivity contribution is 7.92. The van der Waals surface area contributed by atoms with Crippen molar-refractivity contribution in [2.45, 2.75) is 69.5 Å². The fourth-order valence-electron chi connectivity index (χ4n) is 5.84. The van der Waals surface area contributed by atoms with Crippen molar-refractivity contribution in [2.24, 2.45) is 0 Å². The molecule has 0 aliphatic heterocycles. The largest absolute Gasteiger partial charge is 0.352 e. The lowest BCUT2D eigenvalue weighted by molar-refractivity contribution is -0.140. The zero-order chi connectivity index (χ0) is 32.7. The Bertz CT molecular complexity index is 1740. The van der Waals surface area contributed by atoms with Gasteiger partial charge in [0.2, 0.25) is 11.8 Å². The molecule has 0 bridgehead atoms. The first-order valence-corrected chi connectivity index (χ1v) is 17.5. The molecule has 1 fully saturated rings. The van der Waals surface area contributed by atoms with Crippen molar-refractivity contribution < 1.29 is 18.0 Å². The summed E-state index contributed by atoms with van der Waals surface area (Å²) >= 11 is 6.08. The molecule has 46 heavy (non-hydrogen) atoms. The predicted octanol–water partition coefficient (Wildman–Crippen LogP) is 6.85. The molecule has 5 rings (SSSR count). The predicted molar refractivity (Wildman–Crippen MR) is 183 cm³/mol. The van der Waals surface area contributed by atoms with Crippen molar-refractivity contribution in [2.75, 3.05) is 10.8 Å². The highest BCUT2D eigenvalue weighted by Crippen LogP contribution is 2.28. The maximum atomic E-state index is 14.6. The second kappa shape index (κ2) is 15.0. The van der Waals surface area contributed by atoms with Crippen LogP contribution in [0.5, 0.6) is 0 Å². The maximum absolute atomic E-state index is 14.6. The van der Waals surface area contributed by atoms with Crippen LogP contribution < -0.4 is 9.62 Å². The third-order valence-corrected chi connectivity index (χ3v) is 10.7. The number of benzene rings is 4. The summed E-state index contributed by atoms with van der Waals surface area (Å²) in [6.07, 6.45) is 4.18. The Hall–Kier alpha value is -4.14. The first kappa shape index (κ1) is 33.2. The number of hydrogen-bond donors (Lipinski definition) is 1. The van der Waals surface area contributed by atoms with Crippen molar-refractivity contribution >= 4 is 39.1 Å². The van der Waals surface area contributed by atoms with E-state index in [1.54, 1.807) is 12.1 Å². The molecule has 0 heterocycles. The van der Waals surface area contributed by atoms with E-state index < -0.39 is 28.5 Å². The van der Waals surface area contributed by atoms with E-state index in [1.807, 2.05) is 80.6 Å². The van der Waals surface area contributed by atoms with Gasteiger partial charge in [0.1, 0.15) is 12.6 Å². The molecule has 4 aromatic carbocycles. The van der Waals surface area contributed by atoms with Crippen molar-refractivity contribution in [3.05, 3.63) is 130 Å². The molecule has 0 unspecified atom stereocenters. The molecule has 0 spiro atoms. The van der Waals surface area contributed by atoms with Crippen LogP contribution in [0.3, 0.4) is 0 Å². The van der Waals surface area contributed by atoms with Gasteiger partial charge in [0.25, 0.3) is 10.0 Å². The van der Waals surface area contributed by atoms with Crippen LogP contribution >= 0.6 is 11.6 Å². The van der Waals surface area contributed by atoms with E-state index in [4.69, 9.17) is 11.6 Å². The number of rotatable bonds is 12. The first-order valence-electron chi connectivity index (χ1n) is 15.6. The van der Waals surface area contributed by atoms with E-state index in [2.05, 4.69) is 5.32 Å². The molecule has 7 nitrogen and oxygen atoms in total. The minimum atomic E-state index is -4.20. The smallest absolute Gasteiger partial charge is 0.264 e. The van der Waals surface area contributed by atoms with Gasteiger partial charge in [0, 0.05) is 24.0 Å². The third kappa shape index (κ3) is 8.17. The van der Waals surface area contributed by atoms with Gasteiger partial charge in [-0.2, -0.15) is 0 Å². The summed E-state index contributed by atoms with van der Waals surface area (Å²) in [5, 5.41) is 3.60. The molecule has 1 aliphatic carbocycles. The third-order valence-electron chi connectivity index (χ3n) is 8.63. The zero-order valence-corrected chi connectivity index (χ0v) is 27.8. The van der Waals surface area contributed by atoms with Gasteiger partial charge in [-0.15, -0.1) is 0 Å². The lowest BCUT2D eigenvalue weighted by Gasteiger charge is -2.34. The highest BCUT2D eigenvalue weighted by Gasteiger charge is 2.35. The molecule has 240 valence electrons. The van der Waals surface area contributed by atoms with Crippen LogP contribution in [0.15, 0.2) is 108 Å². The normalized spacial score (nSPS) is 14.1. The van der Waals surface area contributed by atoms with Crippen molar-refractivity contribution in [1.29, 1.82) is 0 Å². The summed E-state index contributed by atoms with van der Waals surface area (Å²) < 4.78 is 29.6. The van der Waals surface area contributed by atoms with E-state index >= 15 is 0 Å². The Kier molecular flexibility index (Phi) is 10.8. The summed E-state index contributed by atoms with van der Waals surface area (Å²) in [5.74, 6) is -0.722. The molecule has 1 N–H and O–H groups in total. The Labute approximate surface area is 277 Å². The number of nitrogens with one attached hydrogen (secondary N) is 1. The molecule has 9 heteroatoms. The summed E-state index contributed by atoms with van der Waals surface area (Å²) in [4.78, 5) is 30.2. The van der Waals surface area contributed by atoms with Crippen LogP contribution in [0.1, 0.15) is 47.9 Å². The summed E-state index contributed by atoms with van der Waals surface area (Å²) in [6, 6.07) is 29.5. The quantitative estimate of drug-likeness (QED) is 0.181. The van der Waals surface area contributed by atoms with Crippen LogP contribution in [0.25, 0.3) is 0 Å². The van der Waals surface area contributed by atoms with Gasteiger partial charge in [0.15, 0.2) is 0 Å². The second-order valence-corrected chi connectivity index (χ2v) is 14.2. The molecule has 0 aromatic heterocycles. The fraction of sp³-hybridized carbons (Fsp3) is 0.297.